The lowest BCUT2D eigenvalue weighted by molar-refractivity contribution is -0.131. The maximum Gasteiger partial charge on any atom is 0.261 e. The number of carbonyl (C=O) groups is 2. The summed E-state index contributed by atoms with van der Waals surface area (Å²) in [4.78, 5) is 43.1. The van der Waals surface area contributed by atoms with Gasteiger partial charge in [0.15, 0.2) is 11.5 Å². The van der Waals surface area contributed by atoms with Gasteiger partial charge < -0.3 is 20.1 Å². The fourth-order valence-electron chi connectivity index (χ4n) is 3.91. The molecule has 2 rings (SSSR count). The number of hydrogen-bond donors (Lipinski definition) is 2. The summed E-state index contributed by atoms with van der Waals surface area (Å²) in [5, 5.41) is 6.18. The summed E-state index contributed by atoms with van der Waals surface area (Å²) < 4.78 is 11.8. The van der Waals surface area contributed by atoms with E-state index in [1.54, 1.807) is 12.1 Å². The van der Waals surface area contributed by atoms with E-state index in [1.807, 2.05) is 20.8 Å². The second-order valence-electron chi connectivity index (χ2n) is 9.57. The first-order valence-corrected chi connectivity index (χ1v) is 12.3. The number of benzene rings is 1. The van der Waals surface area contributed by atoms with Crippen molar-refractivity contribution < 1.29 is 19.1 Å². The van der Waals surface area contributed by atoms with Gasteiger partial charge in [0.1, 0.15) is 12.6 Å². The highest BCUT2D eigenvalue weighted by molar-refractivity contribution is 5.88. The molecule has 1 aromatic carbocycles. The van der Waals surface area contributed by atoms with Crippen molar-refractivity contribution in [1.29, 1.82) is 0 Å². The molecule has 2 N–H and O–H groups in total. The van der Waals surface area contributed by atoms with Crippen LogP contribution in [0.3, 0.4) is 0 Å². The van der Waals surface area contributed by atoms with Gasteiger partial charge in [-0.25, -0.2) is 4.98 Å². The van der Waals surface area contributed by atoms with Crippen LogP contribution in [-0.4, -0.2) is 47.7 Å². The van der Waals surface area contributed by atoms with Gasteiger partial charge >= 0.3 is 0 Å². The second-order valence-corrected chi connectivity index (χ2v) is 9.57. The number of ether oxygens (including phenoxy) is 2. The Labute approximate surface area is 207 Å². The normalized spacial score (nSPS) is 13.8. The minimum atomic E-state index is -0.687. The molecule has 0 fully saturated rings. The Kier molecular flexibility index (Phi) is 10.5. The molecule has 0 saturated carbocycles. The van der Waals surface area contributed by atoms with Crippen molar-refractivity contribution in [2.45, 2.75) is 78.9 Å². The Morgan fingerprint density at radius 3 is 2.29 bits per heavy atom. The van der Waals surface area contributed by atoms with Crippen molar-refractivity contribution in [1.82, 2.24) is 20.2 Å². The fraction of sp³-hybridized carbons (Fsp3) is 0.615. The molecule has 0 aliphatic carbocycles. The van der Waals surface area contributed by atoms with Gasteiger partial charge in [-0.3, -0.25) is 19.0 Å². The van der Waals surface area contributed by atoms with Crippen molar-refractivity contribution >= 4 is 22.7 Å². The van der Waals surface area contributed by atoms with Crippen LogP contribution in [0, 0.1) is 11.8 Å². The van der Waals surface area contributed by atoms with E-state index < -0.39 is 11.9 Å². The molecule has 35 heavy (non-hydrogen) atoms. The van der Waals surface area contributed by atoms with E-state index in [0.717, 1.165) is 25.7 Å². The summed E-state index contributed by atoms with van der Waals surface area (Å²) in [6, 6.07) is 2.50. The Bertz CT molecular complexity index is 1070. The van der Waals surface area contributed by atoms with Crippen LogP contribution in [0.5, 0.6) is 11.5 Å². The summed E-state index contributed by atoms with van der Waals surface area (Å²) in [6.45, 7) is 10.0. The Balaban J connectivity index is 2.14. The average Bonchev–Trinajstić information content (AvgIpc) is 2.82. The van der Waals surface area contributed by atoms with E-state index in [4.69, 9.17) is 9.47 Å². The first-order valence-electron chi connectivity index (χ1n) is 12.3. The van der Waals surface area contributed by atoms with Crippen LogP contribution < -0.4 is 25.7 Å². The molecule has 0 bridgehead atoms. The molecule has 0 aliphatic heterocycles. The predicted molar refractivity (Wildman–Crippen MR) is 137 cm³/mol. The zero-order valence-corrected chi connectivity index (χ0v) is 22.0. The summed E-state index contributed by atoms with van der Waals surface area (Å²) in [6.07, 6.45) is 5.08. The van der Waals surface area contributed by atoms with E-state index in [1.165, 1.54) is 25.1 Å². The third kappa shape index (κ3) is 7.70. The van der Waals surface area contributed by atoms with Crippen LogP contribution in [0.1, 0.15) is 60.3 Å². The molecule has 3 atom stereocenters. The number of methoxy groups -OCH3 is 2. The van der Waals surface area contributed by atoms with Crippen molar-refractivity contribution in [3.63, 3.8) is 0 Å². The van der Waals surface area contributed by atoms with E-state index >= 15 is 0 Å². The highest BCUT2D eigenvalue weighted by Gasteiger charge is 2.27. The number of fused-ring (bicyclic) bond motifs is 1. The molecule has 2 amide bonds. The lowest BCUT2D eigenvalue weighted by Gasteiger charge is -2.25. The van der Waals surface area contributed by atoms with Crippen molar-refractivity contribution in [3.8, 4) is 11.5 Å². The summed E-state index contributed by atoms with van der Waals surface area (Å²) in [7, 11) is 2.99. The van der Waals surface area contributed by atoms with Crippen molar-refractivity contribution in [2.75, 3.05) is 14.2 Å². The van der Waals surface area contributed by atoms with Crippen LogP contribution in [0.2, 0.25) is 0 Å². The average molecular weight is 489 g/mol. The molecule has 0 aliphatic rings. The van der Waals surface area contributed by atoms with Gasteiger partial charge in [-0.15, -0.1) is 0 Å². The number of nitrogens with one attached hydrogen (secondary N) is 2. The van der Waals surface area contributed by atoms with Crippen LogP contribution >= 0.6 is 0 Å². The number of carbonyl (C=O) groups excluding carboxylic acids is 2. The number of hydrogen-bond acceptors (Lipinski definition) is 6. The zero-order chi connectivity index (χ0) is 26.1. The maximum absolute atomic E-state index is 13.0. The summed E-state index contributed by atoms with van der Waals surface area (Å²) in [5.41, 5.74) is 0.0574. The molecule has 9 heteroatoms. The highest BCUT2D eigenvalue weighted by atomic mass is 16.5. The monoisotopic (exact) mass is 488 g/mol. The van der Waals surface area contributed by atoms with Gasteiger partial charge in [-0.05, 0) is 31.2 Å². The van der Waals surface area contributed by atoms with Gasteiger partial charge in [0.2, 0.25) is 11.8 Å². The molecular weight excluding hydrogens is 448 g/mol. The quantitative estimate of drug-likeness (QED) is 0.448. The fourth-order valence-corrected chi connectivity index (χ4v) is 3.91. The van der Waals surface area contributed by atoms with Gasteiger partial charge in [-0.1, -0.05) is 47.0 Å². The maximum atomic E-state index is 13.0. The lowest BCUT2D eigenvalue weighted by atomic mass is 9.97. The standard InChI is InChI=1S/C26H40N4O5/c1-8-17(4)24(25(32)28-18(5)11-9-10-16(2)3)29-23(31)14-30-15-27-20-13-22(35-7)21(34-6)12-19(20)26(30)33/h12-13,15-18,24H,8-11,14H2,1-7H3,(H,28,32)(H,29,31)/t17-,18-,24-/m0/s1. The van der Waals surface area contributed by atoms with Crippen molar-refractivity contribution in [2.24, 2.45) is 11.8 Å². The smallest absolute Gasteiger partial charge is 0.261 e. The summed E-state index contributed by atoms with van der Waals surface area (Å²) >= 11 is 0. The number of rotatable bonds is 13. The number of nitrogens with zero attached hydrogens (tertiary/aromatic N) is 2. The third-order valence-electron chi connectivity index (χ3n) is 6.26. The minimum Gasteiger partial charge on any atom is -0.493 e. The predicted octanol–water partition coefficient (Wildman–Crippen LogP) is 3.28. The molecule has 0 spiro atoms. The molecule has 0 unspecified atom stereocenters. The molecule has 1 heterocycles. The molecule has 2 aromatic rings. The topological polar surface area (TPSA) is 112 Å². The van der Waals surface area contributed by atoms with Gasteiger partial charge in [-0.2, -0.15) is 0 Å². The molecule has 1 aromatic heterocycles. The van der Waals surface area contributed by atoms with Crippen LogP contribution in [0.15, 0.2) is 23.3 Å². The Morgan fingerprint density at radius 2 is 1.69 bits per heavy atom. The van der Waals surface area contributed by atoms with Crippen LogP contribution in [-0.2, 0) is 16.1 Å². The summed E-state index contributed by atoms with van der Waals surface area (Å²) in [5.74, 6) is 0.790. The van der Waals surface area contributed by atoms with E-state index in [2.05, 4.69) is 29.5 Å². The first kappa shape index (κ1) is 28.1. The molecule has 194 valence electrons. The van der Waals surface area contributed by atoms with E-state index in [-0.39, 0.29) is 30.0 Å². The Hall–Kier alpha value is -3.10. The van der Waals surface area contributed by atoms with E-state index in [0.29, 0.717) is 28.3 Å². The van der Waals surface area contributed by atoms with Gasteiger partial charge in [0.25, 0.3) is 5.56 Å². The molecule has 0 radical (unpaired) electrons. The number of amides is 2. The van der Waals surface area contributed by atoms with Crippen molar-refractivity contribution in [3.05, 3.63) is 28.8 Å². The minimum absolute atomic E-state index is 0.0176. The largest absolute Gasteiger partial charge is 0.493 e. The lowest BCUT2D eigenvalue weighted by Crippen LogP contribution is -2.53. The highest BCUT2D eigenvalue weighted by Crippen LogP contribution is 2.29. The Morgan fingerprint density at radius 1 is 1.03 bits per heavy atom. The number of aromatic nitrogens is 2. The van der Waals surface area contributed by atoms with Gasteiger partial charge in [0.05, 0.1) is 31.4 Å². The van der Waals surface area contributed by atoms with Crippen LogP contribution in [0.4, 0.5) is 0 Å². The van der Waals surface area contributed by atoms with Gasteiger partial charge in [0, 0.05) is 12.1 Å². The third-order valence-corrected chi connectivity index (χ3v) is 6.26. The van der Waals surface area contributed by atoms with E-state index in [9.17, 15) is 14.4 Å². The van der Waals surface area contributed by atoms with Crippen LogP contribution in [0.25, 0.3) is 10.9 Å². The molecular formula is C26H40N4O5. The first-order chi connectivity index (χ1) is 16.6. The molecule has 0 saturated heterocycles. The second kappa shape index (κ2) is 13.1. The zero-order valence-electron chi connectivity index (χ0n) is 22.0. The molecule has 9 nitrogen and oxygen atoms in total. The SMILES string of the molecule is CC[C@H](C)[C@H](NC(=O)Cn1cnc2cc(OC)c(OC)cc2c1=O)C(=O)N[C@@H](C)CCCC(C)C.